The fourth-order valence-electron chi connectivity index (χ4n) is 3.17. The molecule has 2 atom stereocenters. The van der Waals surface area contributed by atoms with Crippen molar-refractivity contribution in [3.8, 4) is 5.75 Å². The van der Waals surface area contributed by atoms with Crippen LogP contribution in [-0.4, -0.2) is 43.9 Å². The normalized spacial score (nSPS) is 18.2. The minimum atomic E-state index is -0.535. The standard InChI is InChI=1S/C19H19NO5/c1-20-18(22)14-9-12(19(23)24-2)8-13-16(11-6-4-3-5-7-11)15(10-21)25-17(13)14/h3-9,15-16,21H,10H2,1-2H3,(H,20,22). The molecule has 1 heterocycles. The maximum Gasteiger partial charge on any atom is 0.337 e. The number of ether oxygens (including phenoxy) is 2. The molecule has 6 heteroatoms. The topological polar surface area (TPSA) is 84.9 Å². The predicted octanol–water partition coefficient (Wildman–Crippen LogP) is 1.72. The summed E-state index contributed by atoms with van der Waals surface area (Å²) in [6.45, 7) is -0.213. The largest absolute Gasteiger partial charge is 0.486 e. The summed E-state index contributed by atoms with van der Waals surface area (Å²) in [6, 6.07) is 12.7. The van der Waals surface area contributed by atoms with Crippen molar-refractivity contribution in [2.45, 2.75) is 12.0 Å². The first-order valence-electron chi connectivity index (χ1n) is 7.91. The molecule has 1 amide bonds. The molecule has 0 aromatic heterocycles. The Kier molecular flexibility index (Phi) is 4.72. The Morgan fingerprint density at radius 1 is 1.24 bits per heavy atom. The van der Waals surface area contributed by atoms with Gasteiger partial charge in [0.15, 0.2) is 0 Å². The first kappa shape index (κ1) is 17.0. The van der Waals surface area contributed by atoms with Crippen LogP contribution in [-0.2, 0) is 4.74 Å². The highest BCUT2D eigenvalue weighted by atomic mass is 16.5. The third kappa shape index (κ3) is 2.96. The van der Waals surface area contributed by atoms with Crippen LogP contribution in [0.5, 0.6) is 5.75 Å². The number of hydrogen-bond acceptors (Lipinski definition) is 5. The number of carbonyl (C=O) groups is 2. The highest BCUT2D eigenvalue weighted by molar-refractivity contribution is 6.01. The zero-order valence-corrected chi connectivity index (χ0v) is 14.0. The second-order valence-corrected chi connectivity index (χ2v) is 5.74. The molecular formula is C19H19NO5. The molecule has 1 aliphatic rings. The third-order valence-electron chi connectivity index (χ3n) is 4.33. The summed E-state index contributed by atoms with van der Waals surface area (Å²) < 4.78 is 10.7. The van der Waals surface area contributed by atoms with Gasteiger partial charge >= 0.3 is 5.97 Å². The van der Waals surface area contributed by atoms with Crippen molar-refractivity contribution < 1.29 is 24.2 Å². The van der Waals surface area contributed by atoms with Gasteiger partial charge in [-0.05, 0) is 17.7 Å². The van der Waals surface area contributed by atoms with Gasteiger partial charge in [-0.15, -0.1) is 0 Å². The quantitative estimate of drug-likeness (QED) is 0.827. The number of methoxy groups -OCH3 is 1. The molecule has 130 valence electrons. The lowest BCUT2D eigenvalue weighted by Crippen LogP contribution is -2.24. The number of esters is 1. The number of amides is 1. The summed E-state index contributed by atoms with van der Waals surface area (Å²) in [7, 11) is 2.80. The van der Waals surface area contributed by atoms with E-state index in [4.69, 9.17) is 9.47 Å². The minimum Gasteiger partial charge on any atom is -0.486 e. The van der Waals surface area contributed by atoms with Crippen LogP contribution in [0.2, 0.25) is 0 Å². The van der Waals surface area contributed by atoms with E-state index in [0.29, 0.717) is 11.3 Å². The monoisotopic (exact) mass is 341 g/mol. The van der Waals surface area contributed by atoms with E-state index in [1.165, 1.54) is 20.2 Å². The van der Waals surface area contributed by atoms with Crippen molar-refractivity contribution in [2.75, 3.05) is 20.8 Å². The number of aliphatic hydroxyl groups excluding tert-OH is 1. The van der Waals surface area contributed by atoms with Crippen molar-refractivity contribution in [2.24, 2.45) is 0 Å². The van der Waals surface area contributed by atoms with E-state index in [1.54, 1.807) is 6.07 Å². The highest BCUT2D eigenvalue weighted by Gasteiger charge is 2.38. The van der Waals surface area contributed by atoms with Crippen molar-refractivity contribution in [3.63, 3.8) is 0 Å². The first-order chi connectivity index (χ1) is 12.1. The van der Waals surface area contributed by atoms with E-state index in [2.05, 4.69) is 5.32 Å². The molecule has 0 aliphatic carbocycles. The fourth-order valence-corrected chi connectivity index (χ4v) is 3.17. The van der Waals surface area contributed by atoms with Gasteiger partial charge < -0.3 is 19.9 Å². The molecule has 6 nitrogen and oxygen atoms in total. The van der Waals surface area contributed by atoms with Gasteiger partial charge in [-0.3, -0.25) is 4.79 Å². The number of aliphatic hydroxyl groups is 1. The average Bonchev–Trinajstić information content (AvgIpc) is 3.05. The van der Waals surface area contributed by atoms with Crippen LogP contribution in [0.4, 0.5) is 0 Å². The van der Waals surface area contributed by atoms with Gasteiger partial charge in [0.25, 0.3) is 5.91 Å². The fraction of sp³-hybridized carbons (Fsp3) is 0.263. The van der Waals surface area contributed by atoms with E-state index in [0.717, 1.165) is 5.56 Å². The Bertz CT molecular complexity index is 803. The van der Waals surface area contributed by atoms with E-state index in [1.807, 2.05) is 30.3 Å². The van der Waals surface area contributed by atoms with Crippen molar-refractivity contribution in [1.29, 1.82) is 0 Å². The van der Waals surface area contributed by atoms with Crippen LogP contribution in [0.3, 0.4) is 0 Å². The third-order valence-corrected chi connectivity index (χ3v) is 4.33. The van der Waals surface area contributed by atoms with Crippen molar-refractivity contribution in [3.05, 3.63) is 64.7 Å². The van der Waals surface area contributed by atoms with Crippen LogP contribution in [0.25, 0.3) is 0 Å². The summed E-state index contributed by atoms with van der Waals surface area (Å²) in [6.07, 6.45) is -0.534. The van der Waals surface area contributed by atoms with E-state index < -0.39 is 12.1 Å². The molecule has 1 aliphatic heterocycles. The Hall–Kier alpha value is -2.86. The zero-order valence-electron chi connectivity index (χ0n) is 14.0. The molecule has 2 aromatic carbocycles. The Morgan fingerprint density at radius 2 is 1.96 bits per heavy atom. The van der Waals surface area contributed by atoms with Crippen LogP contribution in [0.15, 0.2) is 42.5 Å². The minimum absolute atomic E-state index is 0.213. The number of fused-ring (bicyclic) bond motifs is 1. The van der Waals surface area contributed by atoms with E-state index >= 15 is 0 Å². The maximum atomic E-state index is 12.3. The number of rotatable bonds is 4. The summed E-state index contributed by atoms with van der Waals surface area (Å²) in [5.74, 6) is -0.797. The van der Waals surface area contributed by atoms with Crippen LogP contribution in [0, 0.1) is 0 Å². The van der Waals surface area contributed by atoms with Crippen molar-refractivity contribution in [1.82, 2.24) is 5.32 Å². The predicted molar refractivity (Wildman–Crippen MR) is 91.0 cm³/mol. The van der Waals surface area contributed by atoms with E-state index in [-0.39, 0.29) is 29.6 Å². The molecule has 0 saturated heterocycles. The van der Waals surface area contributed by atoms with Gasteiger partial charge in [-0.25, -0.2) is 4.79 Å². The molecule has 0 spiro atoms. The summed E-state index contributed by atoms with van der Waals surface area (Å²) >= 11 is 0. The van der Waals surface area contributed by atoms with Crippen molar-refractivity contribution >= 4 is 11.9 Å². The Balaban J connectivity index is 2.21. The van der Waals surface area contributed by atoms with E-state index in [9.17, 15) is 14.7 Å². The Labute approximate surface area is 145 Å². The number of hydrogen-bond donors (Lipinski definition) is 2. The number of nitrogens with one attached hydrogen (secondary N) is 1. The maximum absolute atomic E-state index is 12.3. The molecule has 0 fully saturated rings. The summed E-state index contributed by atoms with van der Waals surface area (Å²) in [4.78, 5) is 24.3. The van der Waals surface area contributed by atoms with Gasteiger partial charge in [-0.1, -0.05) is 30.3 Å². The summed E-state index contributed by atoms with van der Waals surface area (Å²) in [5, 5.41) is 12.3. The molecule has 0 radical (unpaired) electrons. The van der Waals surface area contributed by atoms with Crippen LogP contribution >= 0.6 is 0 Å². The lowest BCUT2D eigenvalue weighted by atomic mass is 9.86. The second-order valence-electron chi connectivity index (χ2n) is 5.74. The van der Waals surface area contributed by atoms with Crippen LogP contribution < -0.4 is 10.1 Å². The highest BCUT2D eigenvalue weighted by Crippen LogP contribution is 2.44. The SMILES string of the molecule is CNC(=O)c1cc(C(=O)OC)cc2c1OC(CO)C2c1ccccc1. The molecule has 0 saturated carbocycles. The molecule has 2 aromatic rings. The molecule has 25 heavy (non-hydrogen) atoms. The van der Waals surface area contributed by atoms with Crippen LogP contribution in [0.1, 0.15) is 37.8 Å². The second kappa shape index (κ2) is 6.94. The van der Waals surface area contributed by atoms with Gasteiger partial charge in [0.05, 0.1) is 30.8 Å². The first-order valence-corrected chi connectivity index (χ1v) is 7.91. The lowest BCUT2D eigenvalue weighted by Gasteiger charge is -2.17. The average molecular weight is 341 g/mol. The van der Waals surface area contributed by atoms with Gasteiger partial charge in [0.2, 0.25) is 0 Å². The number of carbonyl (C=O) groups excluding carboxylic acids is 2. The Morgan fingerprint density at radius 3 is 2.56 bits per heavy atom. The molecule has 3 rings (SSSR count). The number of benzene rings is 2. The van der Waals surface area contributed by atoms with Gasteiger partial charge in [0, 0.05) is 12.6 Å². The zero-order chi connectivity index (χ0) is 18.0. The molecule has 2 N–H and O–H groups in total. The summed E-state index contributed by atoms with van der Waals surface area (Å²) in [5.41, 5.74) is 2.14. The van der Waals surface area contributed by atoms with Gasteiger partial charge in [0.1, 0.15) is 11.9 Å². The lowest BCUT2D eigenvalue weighted by molar-refractivity contribution is 0.0600. The smallest absolute Gasteiger partial charge is 0.337 e. The molecular weight excluding hydrogens is 322 g/mol. The molecule has 0 bridgehead atoms. The van der Waals surface area contributed by atoms with Gasteiger partial charge in [-0.2, -0.15) is 0 Å². The molecule has 2 unspecified atom stereocenters.